The van der Waals surface area contributed by atoms with Crippen LogP contribution in [0.3, 0.4) is 0 Å². The minimum absolute atomic E-state index is 0.00353. The number of pyridine rings is 1. The highest BCUT2D eigenvalue weighted by atomic mass is 35.5. The number of nitro benzene ring substituents is 1. The van der Waals surface area contributed by atoms with E-state index < -0.39 is 4.92 Å². The number of halogens is 1. The van der Waals surface area contributed by atoms with Gasteiger partial charge in [-0.3, -0.25) is 10.1 Å². The van der Waals surface area contributed by atoms with Gasteiger partial charge in [-0.2, -0.15) is 0 Å². The molecule has 0 atom stereocenters. The zero-order chi connectivity index (χ0) is 15.4. The Labute approximate surface area is 128 Å². The van der Waals surface area contributed by atoms with Crippen molar-refractivity contribution in [2.45, 2.75) is 9.92 Å². The SMILES string of the molecule is N/C(=N/O)c1ccnc(Sc2ccc([N+](=O)[O-])cc2)c1Cl. The Balaban J connectivity index is 2.29. The van der Waals surface area contributed by atoms with Crippen LogP contribution in [0.25, 0.3) is 0 Å². The van der Waals surface area contributed by atoms with Gasteiger partial charge in [0, 0.05) is 28.8 Å². The number of benzene rings is 1. The molecule has 2 aromatic rings. The number of nitrogens with two attached hydrogens (primary N) is 1. The summed E-state index contributed by atoms with van der Waals surface area (Å²) in [5.74, 6) is -0.118. The maximum atomic E-state index is 10.6. The lowest BCUT2D eigenvalue weighted by molar-refractivity contribution is -0.384. The molecule has 0 bridgehead atoms. The van der Waals surface area contributed by atoms with E-state index >= 15 is 0 Å². The molecule has 0 amide bonds. The summed E-state index contributed by atoms with van der Waals surface area (Å²) in [6.45, 7) is 0. The lowest BCUT2D eigenvalue weighted by Crippen LogP contribution is -2.14. The van der Waals surface area contributed by atoms with Crippen molar-refractivity contribution in [3.8, 4) is 0 Å². The molecule has 0 aliphatic rings. The van der Waals surface area contributed by atoms with Gasteiger partial charge in [0.25, 0.3) is 5.69 Å². The normalized spacial score (nSPS) is 11.4. The summed E-state index contributed by atoms with van der Waals surface area (Å²) in [5.41, 5.74) is 5.88. The summed E-state index contributed by atoms with van der Waals surface area (Å²) in [6, 6.07) is 7.50. The third kappa shape index (κ3) is 3.41. The highest BCUT2D eigenvalue weighted by Crippen LogP contribution is 2.33. The third-order valence-electron chi connectivity index (χ3n) is 2.50. The molecular formula is C12H9ClN4O3S. The number of nitrogens with zero attached hydrogens (tertiary/aromatic N) is 3. The van der Waals surface area contributed by atoms with Crippen LogP contribution in [0.1, 0.15) is 5.56 Å². The van der Waals surface area contributed by atoms with Crippen molar-refractivity contribution in [1.82, 2.24) is 4.98 Å². The van der Waals surface area contributed by atoms with Gasteiger partial charge in [-0.05, 0) is 18.2 Å². The monoisotopic (exact) mass is 324 g/mol. The first-order valence-corrected chi connectivity index (χ1v) is 6.77. The molecule has 108 valence electrons. The molecule has 0 spiro atoms. The number of amidine groups is 1. The molecule has 0 aliphatic carbocycles. The van der Waals surface area contributed by atoms with Gasteiger partial charge in [-0.25, -0.2) is 4.98 Å². The van der Waals surface area contributed by atoms with Gasteiger partial charge < -0.3 is 10.9 Å². The summed E-state index contributed by atoms with van der Waals surface area (Å²) in [4.78, 5) is 15.0. The van der Waals surface area contributed by atoms with E-state index in [-0.39, 0.29) is 16.5 Å². The predicted octanol–water partition coefficient (Wildman–Crippen LogP) is 2.89. The van der Waals surface area contributed by atoms with Gasteiger partial charge >= 0.3 is 0 Å². The second kappa shape index (κ2) is 6.42. The summed E-state index contributed by atoms with van der Waals surface area (Å²) >= 11 is 7.37. The number of oxime groups is 1. The number of aromatic nitrogens is 1. The summed E-state index contributed by atoms with van der Waals surface area (Å²) < 4.78 is 0. The van der Waals surface area contributed by atoms with E-state index in [4.69, 9.17) is 22.5 Å². The minimum Gasteiger partial charge on any atom is -0.409 e. The highest BCUT2D eigenvalue weighted by molar-refractivity contribution is 7.99. The smallest absolute Gasteiger partial charge is 0.269 e. The molecule has 0 aliphatic heterocycles. The summed E-state index contributed by atoms with van der Waals surface area (Å²) in [5, 5.41) is 22.9. The summed E-state index contributed by atoms with van der Waals surface area (Å²) in [6.07, 6.45) is 1.48. The molecule has 0 radical (unpaired) electrons. The van der Waals surface area contributed by atoms with Crippen molar-refractivity contribution in [1.29, 1.82) is 0 Å². The van der Waals surface area contributed by atoms with Crippen LogP contribution >= 0.6 is 23.4 Å². The lowest BCUT2D eigenvalue weighted by atomic mass is 10.2. The fourth-order valence-electron chi connectivity index (χ4n) is 1.49. The molecule has 1 heterocycles. The quantitative estimate of drug-likeness (QED) is 0.294. The fraction of sp³-hybridized carbons (Fsp3) is 0. The molecule has 0 saturated carbocycles. The van der Waals surface area contributed by atoms with E-state index in [2.05, 4.69) is 10.1 Å². The topological polar surface area (TPSA) is 115 Å². The largest absolute Gasteiger partial charge is 0.409 e. The Morgan fingerprint density at radius 3 is 2.62 bits per heavy atom. The molecule has 0 saturated heterocycles. The Bertz CT molecular complexity index is 706. The maximum absolute atomic E-state index is 10.6. The van der Waals surface area contributed by atoms with Crippen LogP contribution in [-0.2, 0) is 0 Å². The van der Waals surface area contributed by atoms with Crippen molar-refractivity contribution in [2.24, 2.45) is 10.9 Å². The van der Waals surface area contributed by atoms with Crippen molar-refractivity contribution >= 4 is 34.9 Å². The van der Waals surface area contributed by atoms with Gasteiger partial charge in [0.15, 0.2) is 5.84 Å². The Kier molecular flexibility index (Phi) is 4.61. The van der Waals surface area contributed by atoms with E-state index in [1.807, 2.05) is 0 Å². The van der Waals surface area contributed by atoms with Crippen LogP contribution < -0.4 is 5.73 Å². The molecule has 2 rings (SSSR count). The molecule has 0 unspecified atom stereocenters. The van der Waals surface area contributed by atoms with Gasteiger partial charge in [0.2, 0.25) is 0 Å². The molecular weight excluding hydrogens is 316 g/mol. The minimum atomic E-state index is -0.474. The van der Waals surface area contributed by atoms with Gasteiger partial charge in [0.1, 0.15) is 5.03 Å². The van der Waals surface area contributed by atoms with E-state index in [9.17, 15) is 10.1 Å². The van der Waals surface area contributed by atoms with E-state index in [1.54, 1.807) is 12.1 Å². The van der Waals surface area contributed by atoms with Gasteiger partial charge in [-0.15, -0.1) is 0 Å². The molecule has 1 aromatic heterocycles. The molecule has 21 heavy (non-hydrogen) atoms. The predicted molar refractivity (Wildman–Crippen MR) is 79.0 cm³/mol. The van der Waals surface area contributed by atoms with Crippen LogP contribution in [0.5, 0.6) is 0 Å². The van der Waals surface area contributed by atoms with Gasteiger partial charge in [-0.1, -0.05) is 28.5 Å². The van der Waals surface area contributed by atoms with Crippen molar-refractivity contribution in [2.75, 3.05) is 0 Å². The lowest BCUT2D eigenvalue weighted by Gasteiger charge is -2.07. The number of hydrogen-bond acceptors (Lipinski definition) is 6. The average molecular weight is 325 g/mol. The van der Waals surface area contributed by atoms with E-state index in [0.717, 1.165) is 4.90 Å². The van der Waals surface area contributed by atoms with Crippen molar-refractivity contribution < 1.29 is 10.1 Å². The Morgan fingerprint density at radius 1 is 1.38 bits per heavy atom. The Hall–Kier alpha value is -2.32. The Morgan fingerprint density at radius 2 is 2.05 bits per heavy atom. The molecule has 9 heteroatoms. The van der Waals surface area contributed by atoms with E-state index in [0.29, 0.717) is 10.6 Å². The third-order valence-corrected chi connectivity index (χ3v) is 4.01. The molecule has 7 nitrogen and oxygen atoms in total. The number of hydrogen-bond donors (Lipinski definition) is 2. The molecule has 3 N–H and O–H groups in total. The van der Waals surface area contributed by atoms with Crippen LogP contribution in [0.2, 0.25) is 5.02 Å². The second-order valence-electron chi connectivity index (χ2n) is 3.82. The van der Waals surface area contributed by atoms with Crippen LogP contribution in [0.15, 0.2) is 51.6 Å². The summed E-state index contributed by atoms with van der Waals surface area (Å²) in [7, 11) is 0. The zero-order valence-electron chi connectivity index (χ0n) is 10.4. The highest BCUT2D eigenvalue weighted by Gasteiger charge is 2.13. The first kappa shape index (κ1) is 15.1. The fourth-order valence-corrected chi connectivity index (χ4v) is 2.63. The van der Waals surface area contributed by atoms with Gasteiger partial charge in [0.05, 0.1) is 9.95 Å². The van der Waals surface area contributed by atoms with Crippen LogP contribution in [0.4, 0.5) is 5.69 Å². The van der Waals surface area contributed by atoms with Crippen LogP contribution in [0, 0.1) is 10.1 Å². The zero-order valence-corrected chi connectivity index (χ0v) is 12.0. The number of nitro groups is 1. The van der Waals surface area contributed by atoms with Crippen molar-refractivity contribution in [3.05, 3.63) is 57.2 Å². The number of non-ortho nitro benzene ring substituents is 1. The maximum Gasteiger partial charge on any atom is 0.269 e. The van der Waals surface area contributed by atoms with Crippen LogP contribution in [-0.4, -0.2) is 21.0 Å². The number of rotatable bonds is 4. The standard InChI is InChI=1S/C12H9ClN4O3S/c13-10-9(11(14)16-18)5-6-15-12(10)21-8-3-1-7(2-4-8)17(19)20/h1-6,18H,(H2,14,16). The second-order valence-corrected chi connectivity index (χ2v) is 5.26. The molecule has 0 fully saturated rings. The van der Waals surface area contributed by atoms with E-state index in [1.165, 1.54) is 36.2 Å². The average Bonchev–Trinajstić information content (AvgIpc) is 2.49. The first-order valence-electron chi connectivity index (χ1n) is 5.57. The molecule has 1 aromatic carbocycles. The van der Waals surface area contributed by atoms with Crippen molar-refractivity contribution in [3.63, 3.8) is 0 Å². The first-order chi connectivity index (χ1) is 10.0.